The molecule has 1 atom stereocenters. The van der Waals surface area contributed by atoms with Crippen LogP contribution in [0.4, 0.5) is 0 Å². The quantitative estimate of drug-likeness (QED) is 0.787. The number of rotatable bonds is 6. The molecule has 0 fully saturated rings. The van der Waals surface area contributed by atoms with E-state index in [0.29, 0.717) is 5.69 Å². The van der Waals surface area contributed by atoms with Gasteiger partial charge in [0.15, 0.2) is 0 Å². The lowest BCUT2D eigenvalue weighted by Crippen LogP contribution is -2.32. The molecular formula is C13H16N4O2. The summed E-state index contributed by atoms with van der Waals surface area (Å²) in [5.74, 6) is -1.01. The molecular weight excluding hydrogens is 244 g/mol. The third kappa shape index (κ3) is 3.89. The Kier molecular flexibility index (Phi) is 4.25. The van der Waals surface area contributed by atoms with Gasteiger partial charge in [-0.05, 0) is 12.1 Å². The molecule has 19 heavy (non-hydrogen) atoms. The SMILES string of the molecule is N[C@@H](Cc1cn(CCc2ccccn2)cn1)C(=O)O. The molecule has 2 aromatic heterocycles. The Morgan fingerprint density at radius 2 is 2.21 bits per heavy atom. The highest BCUT2D eigenvalue weighted by Crippen LogP contribution is 2.03. The van der Waals surface area contributed by atoms with E-state index in [1.807, 2.05) is 29.0 Å². The van der Waals surface area contributed by atoms with Crippen molar-refractivity contribution in [2.75, 3.05) is 0 Å². The van der Waals surface area contributed by atoms with Crippen molar-refractivity contribution in [2.45, 2.75) is 25.4 Å². The average molecular weight is 260 g/mol. The first kappa shape index (κ1) is 13.2. The largest absolute Gasteiger partial charge is 0.480 e. The number of pyridine rings is 1. The van der Waals surface area contributed by atoms with Crippen LogP contribution in [-0.2, 0) is 24.2 Å². The van der Waals surface area contributed by atoms with Gasteiger partial charge in [0.25, 0.3) is 0 Å². The number of nitrogens with zero attached hydrogens (tertiary/aromatic N) is 3. The van der Waals surface area contributed by atoms with Crippen molar-refractivity contribution in [3.63, 3.8) is 0 Å². The normalized spacial score (nSPS) is 12.3. The van der Waals surface area contributed by atoms with E-state index in [0.717, 1.165) is 18.7 Å². The molecule has 6 nitrogen and oxygen atoms in total. The first-order valence-electron chi connectivity index (χ1n) is 6.04. The highest BCUT2D eigenvalue weighted by Gasteiger charge is 2.13. The second-order valence-corrected chi connectivity index (χ2v) is 4.32. The van der Waals surface area contributed by atoms with Gasteiger partial charge in [-0.15, -0.1) is 0 Å². The van der Waals surface area contributed by atoms with Gasteiger partial charge in [-0.2, -0.15) is 0 Å². The van der Waals surface area contributed by atoms with Crippen LogP contribution in [0, 0.1) is 0 Å². The number of nitrogens with two attached hydrogens (primary N) is 1. The Morgan fingerprint density at radius 1 is 1.37 bits per heavy atom. The predicted molar refractivity (Wildman–Crippen MR) is 69.5 cm³/mol. The van der Waals surface area contributed by atoms with Gasteiger partial charge in [0.2, 0.25) is 0 Å². The zero-order chi connectivity index (χ0) is 13.7. The number of carboxylic acids is 1. The van der Waals surface area contributed by atoms with Gasteiger partial charge < -0.3 is 15.4 Å². The van der Waals surface area contributed by atoms with Gasteiger partial charge in [0.1, 0.15) is 6.04 Å². The lowest BCUT2D eigenvalue weighted by atomic mass is 10.2. The fourth-order valence-corrected chi connectivity index (χ4v) is 1.74. The Morgan fingerprint density at radius 3 is 2.89 bits per heavy atom. The van der Waals surface area contributed by atoms with E-state index in [1.54, 1.807) is 12.5 Å². The number of carbonyl (C=O) groups is 1. The number of aromatic nitrogens is 3. The fraction of sp³-hybridized carbons (Fsp3) is 0.308. The lowest BCUT2D eigenvalue weighted by Gasteiger charge is -2.03. The predicted octanol–water partition coefficient (Wildman–Crippen LogP) is 0.475. The summed E-state index contributed by atoms with van der Waals surface area (Å²) in [5, 5.41) is 8.73. The van der Waals surface area contributed by atoms with Crippen molar-refractivity contribution in [3.05, 3.63) is 48.3 Å². The third-order valence-electron chi connectivity index (χ3n) is 2.79. The standard InChI is InChI=1S/C13H16N4O2/c14-12(13(18)19)7-11-8-17(9-16-11)6-4-10-3-1-2-5-15-10/h1-3,5,8-9,12H,4,6-7,14H2,(H,18,19)/t12-/m0/s1. The minimum Gasteiger partial charge on any atom is -0.480 e. The maximum atomic E-state index is 10.7. The molecule has 0 unspecified atom stereocenters. The van der Waals surface area contributed by atoms with Crippen molar-refractivity contribution in [1.82, 2.24) is 14.5 Å². The average Bonchev–Trinajstić information content (AvgIpc) is 2.85. The van der Waals surface area contributed by atoms with Crippen molar-refractivity contribution in [1.29, 1.82) is 0 Å². The van der Waals surface area contributed by atoms with Crippen molar-refractivity contribution >= 4 is 5.97 Å². The Labute approximate surface area is 110 Å². The van der Waals surface area contributed by atoms with Gasteiger partial charge in [-0.3, -0.25) is 9.78 Å². The van der Waals surface area contributed by atoms with Gasteiger partial charge in [0.05, 0.1) is 12.0 Å². The monoisotopic (exact) mass is 260 g/mol. The minimum atomic E-state index is -1.01. The number of aliphatic carboxylic acids is 1. The van der Waals surface area contributed by atoms with Crippen molar-refractivity contribution in [3.8, 4) is 0 Å². The summed E-state index contributed by atoms with van der Waals surface area (Å²) < 4.78 is 1.92. The molecule has 0 amide bonds. The second-order valence-electron chi connectivity index (χ2n) is 4.32. The highest BCUT2D eigenvalue weighted by atomic mass is 16.4. The van der Waals surface area contributed by atoms with E-state index in [-0.39, 0.29) is 6.42 Å². The van der Waals surface area contributed by atoms with Crippen LogP contribution in [0.1, 0.15) is 11.4 Å². The molecule has 0 saturated carbocycles. The Balaban J connectivity index is 1.89. The Hall–Kier alpha value is -2.21. The zero-order valence-corrected chi connectivity index (χ0v) is 10.4. The number of hydrogen-bond donors (Lipinski definition) is 2. The highest BCUT2D eigenvalue weighted by molar-refractivity contribution is 5.73. The molecule has 3 N–H and O–H groups in total. The topological polar surface area (TPSA) is 94.0 Å². The number of imidazole rings is 1. The second kappa shape index (κ2) is 6.10. The van der Waals surface area contributed by atoms with Gasteiger partial charge >= 0.3 is 5.97 Å². The molecule has 6 heteroatoms. The molecule has 2 heterocycles. The van der Waals surface area contributed by atoms with Crippen LogP contribution in [0.25, 0.3) is 0 Å². The van der Waals surface area contributed by atoms with Crippen LogP contribution >= 0.6 is 0 Å². The van der Waals surface area contributed by atoms with Crippen LogP contribution in [0.3, 0.4) is 0 Å². The summed E-state index contributed by atoms with van der Waals surface area (Å²) >= 11 is 0. The van der Waals surface area contributed by atoms with Crippen LogP contribution < -0.4 is 5.73 Å². The van der Waals surface area contributed by atoms with Crippen LogP contribution in [0.15, 0.2) is 36.9 Å². The van der Waals surface area contributed by atoms with E-state index in [9.17, 15) is 4.79 Å². The molecule has 0 aliphatic heterocycles. The molecule has 0 spiro atoms. The first-order chi connectivity index (χ1) is 9.15. The van der Waals surface area contributed by atoms with Crippen LogP contribution in [-0.4, -0.2) is 31.7 Å². The first-order valence-corrected chi connectivity index (χ1v) is 6.04. The molecule has 0 saturated heterocycles. The van der Waals surface area contributed by atoms with Crippen molar-refractivity contribution in [2.24, 2.45) is 5.73 Å². The molecule has 0 radical (unpaired) electrons. The molecule has 0 aromatic carbocycles. The zero-order valence-electron chi connectivity index (χ0n) is 10.4. The van der Waals surface area contributed by atoms with E-state index in [2.05, 4.69) is 9.97 Å². The van der Waals surface area contributed by atoms with Crippen LogP contribution in [0.5, 0.6) is 0 Å². The van der Waals surface area contributed by atoms with E-state index >= 15 is 0 Å². The summed E-state index contributed by atoms with van der Waals surface area (Å²) in [7, 11) is 0. The smallest absolute Gasteiger partial charge is 0.320 e. The molecule has 0 aliphatic rings. The van der Waals surface area contributed by atoms with E-state index in [1.165, 1.54) is 0 Å². The molecule has 100 valence electrons. The maximum absolute atomic E-state index is 10.7. The van der Waals surface area contributed by atoms with Gasteiger partial charge in [-0.25, -0.2) is 4.98 Å². The van der Waals surface area contributed by atoms with Gasteiger partial charge in [-0.1, -0.05) is 6.07 Å². The maximum Gasteiger partial charge on any atom is 0.320 e. The Bertz CT molecular complexity index is 539. The summed E-state index contributed by atoms with van der Waals surface area (Å²) in [6.07, 6.45) is 6.33. The summed E-state index contributed by atoms with van der Waals surface area (Å²) in [6.45, 7) is 0.756. The van der Waals surface area contributed by atoms with Crippen molar-refractivity contribution < 1.29 is 9.90 Å². The number of carboxylic acid groups (broad SMARTS) is 1. The summed E-state index contributed by atoms with van der Waals surface area (Å²) in [4.78, 5) is 19.0. The third-order valence-corrected chi connectivity index (χ3v) is 2.79. The number of hydrogen-bond acceptors (Lipinski definition) is 4. The van der Waals surface area contributed by atoms with Crippen LogP contribution in [0.2, 0.25) is 0 Å². The lowest BCUT2D eigenvalue weighted by molar-refractivity contribution is -0.138. The van der Waals surface area contributed by atoms with E-state index in [4.69, 9.17) is 10.8 Å². The molecule has 0 aliphatic carbocycles. The fourth-order valence-electron chi connectivity index (χ4n) is 1.74. The van der Waals surface area contributed by atoms with E-state index < -0.39 is 12.0 Å². The molecule has 2 rings (SSSR count). The minimum absolute atomic E-state index is 0.242. The van der Waals surface area contributed by atoms with Gasteiger partial charge in [0, 0.05) is 37.5 Å². The summed E-state index contributed by atoms with van der Waals surface area (Å²) in [5.41, 5.74) is 7.17. The molecule has 2 aromatic rings. The number of aryl methyl sites for hydroxylation is 2. The molecule has 0 bridgehead atoms. The summed E-state index contributed by atoms with van der Waals surface area (Å²) in [6, 6.07) is 4.90.